The molecule has 0 radical (unpaired) electrons. The van der Waals surface area contributed by atoms with Crippen molar-refractivity contribution in [2.75, 3.05) is 12.5 Å². The molecule has 0 spiro atoms. The lowest BCUT2D eigenvalue weighted by Gasteiger charge is -2.37. The number of β-lactam (4-membered cyclic amide) rings is 1. The average Bonchev–Trinajstić information content (AvgIpc) is 2.89. The molecule has 25 heavy (non-hydrogen) atoms. The van der Waals surface area contributed by atoms with Crippen molar-refractivity contribution in [1.29, 1.82) is 0 Å². The number of nitrogens with zero attached hydrogens (tertiary/aromatic N) is 2. The van der Waals surface area contributed by atoms with Crippen molar-refractivity contribution in [3.8, 4) is 0 Å². The van der Waals surface area contributed by atoms with E-state index in [4.69, 9.17) is 4.74 Å². The standard InChI is InChI=1S/C15H16N2O5S3/c1-23-15(24-2)13(16-11(18)7-12(16)25-15)14(19)22-8-9-3-5-10(6-4-9)17(20)21/h3-6,12-13H,7-8H2,1-2H3/t12-,13+/m1/s1. The zero-order chi connectivity index (χ0) is 18.2. The van der Waals surface area contributed by atoms with Crippen LogP contribution in [0, 0.1) is 10.1 Å². The average molecular weight is 401 g/mol. The summed E-state index contributed by atoms with van der Waals surface area (Å²) in [7, 11) is 0. The van der Waals surface area contributed by atoms with Gasteiger partial charge in [-0.1, -0.05) is 0 Å². The van der Waals surface area contributed by atoms with Gasteiger partial charge in [0.15, 0.2) is 6.04 Å². The molecule has 10 heteroatoms. The van der Waals surface area contributed by atoms with Crippen molar-refractivity contribution in [2.45, 2.75) is 27.9 Å². The maximum absolute atomic E-state index is 12.7. The van der Waals surface area contributed by atoms with Crippen LogP contribution in [0.2, 0.25) is 0 Å². The number of thioether (sulfide) groups is 3. The van der Waals surface area contributed by atoms with Gasteiger partial charge in [-0.25, -0.2) is 4.79 Å². The quantitative estimate of drug-likeness (QED) is 0.237. The first kappa shape index (κ1) is 18.4. The molecular weight excluding hydrogens is 384 g/mol. The van der Waals surface area contributed by atoms with Crippen molar-refractivity contribution >= 4 is 52.8 Å². The fourth-order valence-electron chi connectivity index (χ4n) is 2.84. The van der Waals surface area contributed by atoms with Crippen molar-refractivity contribution in [2.24, 2.45) is 0 Å². The van der Waals surface area contributed by atoms with Gasteiger partial charge < -0.3 is 9.64 Å². The van der Waals surface area contributed by atoms with Crippen molar-refractivity contribution in [3.63, 3.8) is 0 Å². The van der Waals surface area contributed by atoms with E-state index in [2.05, 4.69) is 0 Å². The third-order valence-corrected chi connectivity index (χ3v) is 9.56. The summed E-state index contributed by atoms with van der Waals surface area (Å²) in [6.45, 7) is 0.0174. The van der Waals surface area contributed by atoms with Gasteiger partial charge in [0, 0.05) is 12.1 Å². The molecular formula is C15H16N2O5S3. The van der Waals surface area contributed by atoms with Crippen LogP contribution < -0.4 is 0 Å². The smallest absolute Gasteiger partial charge is 0.332 e. The Balaban J connectivity index is 1.70. The van der Waals surface area contributed by atoms with Crippen LogP contribution in [0.4, 0.5) is 5.69 Å². The van der Waals surface area contributed by atoms with Gasteiger partial charge in [-0.15, -0.1) is 35.3 Å². The Morgan fingerprint density at radius 2 is 2.04 bits per heavy atom. The molecule has 0 aromatic heterocycles. The molecule has 0 bridgehead atoms. The Morgan fingerprint density at radius 1 is 1.40 bits per heavy atom. The predicted molar refractivity (Wildman–Crippen MR) is 99.3 cm³/mol. The van der Waals surface area contributed by atoms with E-state index in [1.54, 1.807) is 52.3 Å². The lowest BCUT2D eigenvalue weighted by atomic mass is 10.1. The summed E-state index contributed by atoms with van der Waals surface area (Å²) < 4.78 is 4.96. The van der Waals surface area contributed by atoms with E-state index in [-0.39, 0.29) is 23.6 Å². The first-order valence-corrected chi connectivity index (χ1v) is 10.7. The van der Waals surface area contributed by atoms with E-state index in [9.17, 15) is 19.7 Å². The van der Waals surface area contributed by atoms with Crippen molar-refractivity contribution in [1.82, 2.24) is 4.90 Å². The molecule has 2 aliphatic heterocycles. The number of fused-ring (bicyclic) bond motifs is 1. The van der Waals surface area contributed by atoms with E-state index < -0.39 is 20.3 Å². The molecule has 0 aliphatic carbocycles. The maximum Gasteiger partial charge on any atom is 0.332 e. The third kappa shape index (κ3) is 3.22. The van der Waals surface area contributed by atoms with Gasteiger partial charge in [0.1, 0.15) is 10.0 Å². The second-order valence-corrected chi connectivity index (χ2v) is 9.83. The first-order chi connectivity index (χ1) is 11.9. The summed E-state index contributed by atoms with van der Waals surface area (Å²) in [5.41, 5.74) is 0.648. The molecule has 3 rings (SSSR count). The number of rotatable bonds is 6. The van der Waals surface area contributed by atoms with E-state index in [1.807, 2.05) is 12.5 Å². The topological polar surface area (TPSA) is 89.8 Å². The number of esters is 1. The largest absolute Gasteiger partial charge is 0.459 e. The number of hydrogen-bond donors (Lipinski definition) is 0. The second-order valence-electron chi connectivity index (χ2n) is 5.52. The highest BCUT2D eigenvalue weighted by Crippen LogP contribution is 2.60. The lowest BCUT2D eigenvalue weighted by Crippen LogP contribution is -2.57. The number of hydrogen-bond acceptors (Lipinski definition) is 8. The molecule has 1 amide bonds. The molecule has 134 valence electrons. The minimum absolute atomic E-state index is 0.0138. The summed E-state index contributed by atoms with van der Waals surface area (Å²) in [6, 6.07) is 5.23. The van der Waals surface area contributed by atoms with Crippen LogP contribution in [-0.2, 0) is 20.9 Å². The molecule has 1 aromatic carbocycles. The van der Waals surface area contributed by atoms with E-state index in [1.165, 1.54) is 12.1 Å². The number of carbonyl (C=O) groups excluding carboxylic acids is 2. The molecule has 2 atom stereocenters. The number of amides is 1. The summed E-state index contributed by atoms with van der Waals surface area (Å²) in [5.74, 6) is -0.468. The number of nitro benzene ring substituents is 1. The maximum atomic E-state index is 12.7. The van der Waals surface area contributed by atoms with Crippen LogP contribution in [0.5, 0.6) is 0 Å². The van der Waals surface area contributed by atoms with Gasteiger partial charge in [0.25, 0.3) is 5.69 Å². The molecule has 0 N–H and O–H groups in total. The Hall–Kier alpha value is -1.39. The summed E-state index contributed by atoms with van der Waals surface area (Å²) in [4.78, 5) is 36.5. The van der Waals surface area contributed by atoms with E-state index in [0.29, 0.717) is 12.0 Å². The van der Waals surface area contributed by atoms with Gasteiger partial charge >= 0.3 is 5.97 Å². The summed E-state index contributed by atoms with van der Waals surface area (Å²) in [5, 5.41) is 10.7. The zero-order valence-corrected chi connectivity index (χ0v) is 16.0. The fourth-order valence-corrected chi connectivity index (χ4v) is 7.11. The Kier molecular flexibility index (Phi) is 5.21. The van der Waals surface area contributed by atoms with Crippen LogP contribution in [0.25, 0.3) is 0 Å². The summed E-state index contributed by atoms with van der Waals surface area (Å²) >= 11 is 4.73. The Morgan fingerprint density at radius 3 is 2.56 bits per heavy atom. The number of non-ortho nitro benzene ring substituents is 1. The lowest BCUT2D eigenvalue weighted by molar-refractivity contribution is -0.384. The molecule has 0 unspecified atom stereocenters. The predicted octanol–water partition coefficient (Wildman–Crippen LogP) is 2.69. The first-order valence-electron chi connectivity index (χ1n) is 7.41. The van der Waals surface area contributed by atoms with Gasteiger partial charge in [-0.3, -0.25) is 14.9 Å². The molecule has 2 heterocycles. The van der Waals surface area contributed by atoms with Gasteiger partial charge in [-0.05, 0) is 30.2 Å². The molecule has 7 nitrogen and oxygen atoms in total. The molecule has 0 saturated carbocycles. The zero-order valence-electron chi connectivity index (χ0n) is 13.5. The Bertz CT molecular complexity index is 708. The minimum Gasteiger partial charge on any atom is -0.459 e. The third-order valence-electron chi connectivity index (χ3n) is 4.18. The van der Waals surface area contributed by atoms with Crippen molar-refractivity contribution in [3.05, 3.63) is 39.9 Å². The summed E-state index contributed by atoms with van der Waals surface area (Å²) in [6.07, 6.45) is 4.31. The minimum atomic E-state index is -0.633. The van der Waals surface area contributed by atoms with E-state index in [0.717, 1.165) is 0 Å². The monoisotopic (exact) mass is 400 g/mol. The van der Waals surface area contributed by atoms with Crippen LogP contribution in [0.1, 0.15) is 12.0 Å². The second kappa shape index (κ2) is 7.08. The van der Waals surface area contributed by atoms with Crippen LogP contribution in [0.15, 0.2) is 24.3 Å². The molecule has 2 aliphatic rings. The highest BCUT2D eigenvalue weighted by Gasteiger charge is 2.63. The highest BCUT2D eigenvalue weighted by molar-refractivity contribution is 8.33. The number of ether oxygens (including phenoxy) is 1. The number of benzene rings is 1. The van der Waals surface area contributed by atoms with Crippen LogP contribution >= 0.6 is 35.3 Å². The Labute approximate surface area is 157 Å². The van der Waals surface area contributed by atoms with Gasteiger partial charge in [0.05, 0.1) is 16.7 Å². The van der Waals surface area contributed by atoms with Crippen LogP contribution in [-0.4, -0.2) is 49.0 Å². The normalized spacial score (nSPS) is 23.8. The molecule has 1 aromatic rings. The van der Waals surface area contributed by atoms with Gasteiger partial charge in [0.2, 0.25) is 5.91 Å². The fraction of sp³-hybridized carbons (Fsp3) is 0.467. The number of carbonyl (C=O) groups is 2. The molecule has 2 saturated heterocycles. The van der Waals surface area contributed by atoms with E-state index >= 15 is 0 Å². The van der Waals surface area contributed by atoms with Crippen molar-refractivity contribution < 1.29 is 19.2 Å². The molecule has 2 fully saturated rings. The SMILES string of the molecule is CSC1(SC)S[C@@H]2CC(=O)N2[C@H]1C(=O)OCc1ccc([N+](=O)[O-])cc1. The van der Waals surface area contributed by atoms with Crippen LogP contribution in [0.3, 0.4) is 0 Å². The van der Waals surface area contributed by atoms with Gasteiger partial charge in [-0.2, -0.15) is 0 Å². The number of nitro groups is 1. The highest BCUT2D eigenvalue weighted by atomic mass is 32.3.